The molecule has 1 saturated carbocycles. The van der Waals surface area contributed by atoms with Gasteiger partial charge in [0.05, 0.1) is 0 Å². The Hall–Kier alpha value is -0.810. The van der Waals surface area contributed by atoms with Gasteiger partial charge in [-0.1, -0.05) is 19.8 Å². The molecule has 0 aromatic rings. The van der Waals surface area contributed by atoms with Crippen molar-refractivity contribution in [3.63, 3.8) is 0 Å². The second-order valence-corrected chi connectivity index (χ2v) is 7.63. The van der Waals surface area contributed by atoms with E-state index in [0.29, 0.717) is 11.5 Å². The first kappa shape index (κ1) is 17.0. The van der Waals surface area contributed by atoms with E-state index in [1.165, 1.54) is 64.8 Å². The van der Waals surface area contributed by atoms with Crippen LogP contribution in [-0.2, 0) is 0 Å². The zero-order valence-corrected chi connectivity index (χ0v) is 15.1. The number of nitrogens with zero attached hydrogens (tertiary/aromatic N) is 3. The lowest BCUT2D eigenvalue weighted by atomic mass is 9.84. The molecule has 132 valence electrons. The van der Waals surface area contributed by atoms with Crippen LogP contribution in [0.2, 0.25) is 0 Å². The summed E-state index contributed by atoms with van der Waals surface area (Å²) in [6, 6.07) is 0.646. The minimum Gasteiger partial charge on any atom is -0.357 e. The highest BCUT2D eigenvalue weighted by Crippen LogP contribution is 2.41. The van der Waals surface area contributed by atoms with Crippen LogP contribution in [0.1, 0.15) is 46.0 Å². The average Bonchev–Trinajstić information content (AvgIpc) is 3.08. The van der Waals surface area contributed by atoms with Gasteiger partial charge in [0.25, 0.3) is 0 Å². The molecule has 2 bridgehead atoms. The lowest BCUT2D eigenvalue weighted by molar-refractivity contribution is 0.0154. The molecular weight excluding hydrogens is 286 g/mol. The van der Waals surface area contributed by atoms with Crippen LogP contribution in [0.15, 0.2) is 4.99 Å². The van der Waals surface area contributed by atoms with Crippen molar-refractivity contribution in [3.8, 4) is 0 Å². The summed E-state index contributed by atoms with van der Waals surface area (Å²) in [6.07, 6.45) is 6.76. The molecule has 5 heteroatoms. The van der Waals surface area contributed by atoms with E-state index in [9.17, 15) is 0 Å². The molecule has 0 aromatic carbocycles. The Balaban J connectivity index is 1.52. The molecule has 5 nitrogen and oxygen atoms in total. The van der Waals surface area contributed by atoms with Gasteiger partial charge >= 0.3 is 0 Å². The van der Waals surface area contributed by atoms with Crippen molar-refractivity contribution in [2.75, 3.05) is 52.4 Å². The zero-order chi connectivity index (χ0) is 16.1. The second-order valence-electron chi connectivity index (χ2n) is 7.63. The van der Waals surface area contributed by atoms with E-state index in [1.807, 2.05) is 0 Å². The smallest absolute Gasteiger partial charge is 0.191 e. The molecule has 0 amide bonds. The van der Waals surface area contributed by atoms with Crippen LogP contribution in [0.4, 0.5) is 0 Å². The fourth-order valence-electron chi connectivity index (χ4n) is 4.47. The Bertz CT molecular complexity index is 394. The first-order chi connectivity index (χ1) is 11.2. The summed E-state index contributed by atoms with van der Waals surface area (Å²) in [7, 11) is 0. The van der Waals surface area contributed by atoms with Gasteiger partial charge in [-0.15, -0.1) is 0 Å². The summed E-state index contributed by atoms with van der Waals surface area (Å²) in [4.78, 5) is 10.2. The molecule has 3 aliphatic heterocycles. The number of nitrogens with one attached hydrogen (secondary N) is 2. The maximum Gasteiger partial charge on any atom is 0.191 e. The number of piperazine rings is 3. The van der Waals surface area contributed by atoms with E-state index in [4.69, 9.17) is 4.99 Å². The Labute approximate surface area is 141 Å². The minimum atomic E-state index is 0.474. The number of rotatable bonds is 6. The van der Waals surface area contributed by atoms with Crippen molar-refractivity contribution < 1.29 is 0 Å². The van der Waals surface area contributed by atoms with Crippen molar-refractivity contribution >= 4 is 5.96 Å². The van der Waals surface area contributed by atoms with Crippen molar-refractivity contribution in [1.29, 1.82) is 0 Å². The van der Waals surface area contributed by atoms with E-state index in [0.717, 1.165) is 25.6 Å². The lowest BCUT2D eigenvalue weighted by Gasteiger charge is -2.47. The monoisotopic (exact) mass is 321 g/mol. The summed E-state index contributed by atoms with van der Waals surface area (Å²) in [5.74, 6) is 1.02. The van der Waals surface area contributed by atoms with E-state index in [1.54, 1.807) is 0 Å². The van der Waals surface area contributed by atoms with Crippen LogP contribution < -0.4 is 10.6 Å². The minimum absolute atomic E-state index is 0.474. The largest absolute Gasteiger partial charge is 0.357 e. The van der Waals surface area contributed by atoms with Crippen molar-refractivity contribution in [2.45, 2.75) is 52.0 Å². The lowest BCUT2D eigenvalue weighted by Crippen LogP contribution is -2.63. The summed E-state index contributed by atoms with van der Waals surface area (Å²) in [6.45, 7) is 13.6. The highest BCUT2D eigenvalue weighted by Gasteiger charge is 2.33. The quantitative estimate of drug-likeness (QED) is 0.575. The van der Waals surface area contributed by atoms with Gasteiger partial charge in [0.1, 0.15) is 0 Å². The molecule has 0 radical (unpaired) electrons. The maximum absolute atomic E-state index is 4.95. The number of fused-ring (bicyclic) bond motifs is 3. The Morgan fingerprint density at radius 2 is 1.83 bits per heavy atom. The molecule has 23 heavy (non-hydrogen) atoms. The molecule has 1 atom stereocenters. The number of hydrogen-bond donors (Lipinski definition) is 2. The molecule has 3 heterocycles. The summed E-state index contributed by atoms with van der Waals surface area (Å²) in [5.41, 5.74) is 0.474. The van der Waals surface area contributed by atoms with Crippen LogP contribution in [0.5, 0.6) is 0 Å². The topological polar surface area (TPSA) is 42.9 Å². The normalized spacial score (nSPS) is 33.0. The predicted molar refractivity (Wildman–Crippen MR) is 97.0 cm³/mol. The molecular formula is C18H35N5. The maximum atomic E-state index is 4.95. The average molecular weight is 322 g/mol. The Kier molecular flexibility index (Phi) is 5.81. The number of guanidine groups is 1. The fourth-order valence-corrected chi connectivity index (χ4v) is 4.47. The molecule has 0 aromatic heterocycles. The first-order valence-corrected chi connectivity index (χ1v) is 9.73. The summed E-state index contributed by atoms with van der Waals surface area (Å²) < 4.78 is 0. The Morgan fingerprint density at radius 1 is 1.09 bits per heavy atom. The van der Waals surface area contributed by atoms with Gasteiger partial charge in [-0.25, -0.2) is 0 Å². The molecule has 2 N–H and O–H groups in total. The molecule has 4 aliphatic rings. The van der Waals surface area contributed by atoms with Gasteiger partial charge in [-0.3, -0.25) is 14.8 Å². The number of hydrogen-bond acceptors (Lipinski definition) is 3. The second kappa shape index (κ2) is 7.84. The van der Waals surface area contributed by atoms with Crippen LogP contribution in [0.25, 0.3) is 0 Å². The van der Waals surface area contributed by atoms with Gasteiger partial charge < -0.3 is 10.6 Å². The third-order valence-electron chi connectivity index (χ3n) is 6.23. The van der Waals surface area contributed by atoms with Crippen molar-refractivity contribution in [1.82, 2.24) is 20.4 Å². The van der Waals surface area contributed by atoms with E-state index < -0.39 is 0 Å². The zero-order valence-electron chi connectivity index (χ0n) is 15.1. The van der Waals surface area contributed by atoms with Crippen LogP contribution in [-0.4, -0.2) is 74.2 Å². The summed E-state index contributed by atoms with van der Waals surface area (Å²) >= 11 is 0. The Morgan fingerprint density at radius 3 is 2.39 bits per heavy atom. The standard InChI is InChI=1S/C18H35N5/c1-3-18(7-5-6-8-18)15-21-17(19-4-2)20-13-16-14-22-9-11-23(16)12-10-22/h16H,3-15H2,1-2H3,(H2,19,20,21). The van der Waals surface area contributed by atoms with Crippen LogP contribution in [0.3, 0.4) is 0 Å². The fraction of sp³-hybridized carbons (Fsp3) is 0.944. The summed E-state index contributed by atoms with van der Waals surface area (Å²) in [5, 5.41) is 7.05. The highest BCUT2D eigenvalue weighted by atomic mass is 15.4. The highest BCUT2D eigenvalue weighted by molar-refractivity contribution is 5.79. The van der Waals surface area contributed by atoms with Gasteiger partial charge in [0, 0.05) is 58.4 Å². The van der Waals surface area contributed by atoms with Gasteiger partial charge in [0.2, 0.25) is 0 Å². The molecule has 4 fully saturated rings. The van der Waals surface area contributed by atoms with E-state index in [-0.39, 0.29) is 0 Å². The van der Waals surface area contributed by atoms with Crippen molar-refractivity contribution in [3.05, 3.63) is 0 Å². The molecule has 3 saturated heterocycles. The van der Waals surface area contributed by atoms with E-state index in [2.05, 4.69) is 34.3 Å². The van der Waals surface area contributed by atoms with Gasteiger partial charge in [-0.05, 0) is 31.6 Å². The predicted octanol–water partition coefficient (Wildman–Crippen LogP) is 1.51. The van der Waals surface area contributed by atoms with Gasteiger partial charge in [0.15, 0.2) is 5.96 Å². The molecule has 0 spiro atoms. The van der Waals surface area contributed by atoms with Gasteiger partial charge in [-0.2, -0.15) is 0 Å². The molecule has 4 rings (SSSR count). The molecule has 1 unspecified atom stereocenters. The van der Waals surface area contributed by atoms with E-state index >= 15 is 0 Å². The van der Waals surface area contributed by atoms with Crippen molar-refractivity contribution in [2.24, 2.45) is 10.4 Å². The first-order valence-electron chi connectivity index (χ1n) is 9.73. The third kappa shape index (κ3) is 4.18. The van der Waals surface area contributed by atoms with Crippen LogP contribution in [0, 0.1) is 5.41 Å². The SMILES string of the molecule is CCNC(=NCC1(CC)CCCC1)NCC1CN2CCN1CC2. The number of aliphatic imine (C=N–C) groups is 1. The molecule has 1 aliphatic carbocycles. The third-order valence-corrected chi connectivity index (χ3v) is 6.23. The van der Waals surface area contributed by atoms with Crippen LogP contribution >= 0.6 is 0 Å².